The van der Waals surface area contributed by atoms with E-state index >= 15 is 0 Å². The SMILES string of the molecule is CCNCC1CCC1c1cccc(C2CCC2)c1. The largest absolute Gasteiger partial charge is 0.317 e. The third kappa shape index (κ3) is 2.33. The van der Waals surface area contributed by atoms with Crippen LogP contribution in [0, 0.1) is 5.92 Å². The highest BCUT2D eigenvalue weighted by Gasteiger charge is 2.32. The van der Waals surface area contributed by atoms with Crippen LogP contribution >= 0.6 is 0 Å². The molecule has 2 unspecified atom stereocenters. The van der Waals surface area contributed by atoms with E-state index in [9.17, 15) is 0 Å². The van der Waals surface area contributed by atoms with E-state index in [1.165, 1.54) is 38.6 Å². The second-order valence-corrected chi connectivity index (χ2v) is 6.05. The van der Waals surface area contributed by atoms with Gasteiger partial charge in [0.05, 0.1) is 0 Å². The summed E-state index contributed by atoms with van der Waals surface area (Å²) in [6.07, 6.45) is 7.06. The van der Waals surface area contributed by atoms with E-state index < -0.39 is 0 Å². The molecule has 0 saturated heterocycles. The van der Waals surface area contributed by atoms with Gasteiger partial charge in [-0.05, 0) is 67.7 Å². The minimum absolute atomic E-state index is 0.823. The molecule has 0 bridgehead atoms. The van der Waals surface area contributed by atoms with Gasteiger partial charge in [-0.1, -0.05) is 37.6 Å². The molecule has 1 N–H and O–H groups in total. The van der Waals surface area contributed by atoms with Gasteiger partial charge in [-0.2, -0.15) is 0 Å². The van der Waals surface area contributed by atoms with Gasteiger partial charge in [-0.15, -0.1) is 0 Å². The van der Waals surface area contributed by atoms with E-state index in [4.69, 9.17) is 0 Å². The second-order valence-electron chi connectivity index (χ2n) is 6.05. The van der Waals surface area contributed by atoms with Crippen molar-refractivity contribution in [2.24, 2.45) is 5.92 Å². The molecule has 2 saturated carbocycles. The van der Waals surface area contributed by atoms with Crippen molar-refractivity contribution in [3.8, 4) is 0 Å². The Hall–Kier alpha value is -0.820. The number of nitrogens with one attached hydrogen (secondary N) is 1. The van der Waals surface area contributed by atoms with Crippen LogP contribution in [0.25, 0.3) is 0 Å². The summed E-state index contributed by atoms with van der Waals surface area (Å²) in [4.78, 5) is 0. The Kier molecular flexibility index (Phi) is 3.69. The molecular weight excluding hydrogens is 218 g/mol. The lowest BCUT2D eigenvalue weighted by Crippen LogP contribution is -2.33. The molecule has 1 aromatic rings. The van der Waals surface area contributed by atoms with Gasteiger partial charge in [0, 0.05) is 0 Å². The Morgan fingerprint density at radius 1 is 1.11 bits per heavy atom. The van der Waals surface area contributed by atoms with E-state index in [0.717, 1.165) is 24.3 Å². The van der Waals surface area contributed by atoms with Crippen LogP contribution < -0.4 is 5.32 Å². The summed E-state index contributed by atoms with van der Waals surface area (Å²) in [5.41, 5.74) is 3.21. The molecule has 0 heterocycles. The third-order valence-corrected chi connectivity index (χ3v) is 4.99. The van der Waals surface area contributed by atoms with E-state index in [0.29, 0.717) is 0 Å². The summed E-state index contributed by atoms with van der Waals surface area (Å²) in [6, 6.07) is 9.48. The maximum atomic E-state index is 3.51. The first-order valence-electron chi connectivity index (χ1n) is 7.69. The summed E-state index contributed by atoms with van der Waals surface area (Å²) < 4.78 is 0. The molecule has 3 rings (SSSR count). The lowest BCUT2D eigenvalue weighted by Gasteiger charge is -2.38. The first-order chi connectivity index (χ1) is 8.88. The Bertz CT molecular complexity index is 394. The predicted octanol–water partition coefficient (Wildman–Crippen LogP) is 4.06. The number of benzene rings is 1. The van der Waals surface area contributed by atoms with E-state index in [1.807, 2.05) is 0 Å². The van der Waals surface area contributed by atoms with Gasteiger partial charge in [0.2, 0.25) is 0 Å². The maximum absolute atomic E-state index is 3.51. The number of rotatable bonds is 5. The number of hydrogen-bond acceptors (Lipinski definition) is 1. The zero-order valence-corrected chi connectivity index (χ0v) is 11.5. The van der Waals surface area contributed by atoms with Crippen LogP contribution in [0.3, 0.4) is 0 Å². The Morgan fingerprint density at radius 3 is 2.56 bits per heavy atom. The Balaban J connectivity index is 1.67. The standard InChI is InChI=1S/C17H25N/c1-2-18-12-16-9-10-17(16)15-8-4-7-14(11-15)13-5-3-6-13/h4,7-8,11,13,16-18H,2-3,5-6,9-10,12H2,1H3. The van der Waals surface area contributed by atoms with Gasteiger partial charge in [0.15, 0.2) is 0 Å². The van der Waals surface area contributed by atoms with Crippen molar-refractivity contribution in [3.63, 3.8) is 0 Å². The summed E-state index contributed by atoms with van der Waals surface area (Å²) >= 11 is 0. The minimum Gasteiger partial charge on any atom is -0.317 e. The zero-order chi connectivity index (χ0) is 12.4. The molecule has 0 radical (unpaired) electrons. The highest BCUT2D eigenvalue weighted by atomic mass is 14.9. The van der Waals surface area contributed by atoms with Gasteiger partial charge in [-0.25, -0.2) is 0 Å². The normalized spacial score (nSPS) is 27.6. The molecule has 1 aromatic carbocycles. The van der Waals surface area contributed by atoms with Crippen LogP contribution in [0.1, 0.15) is 62.0 Å². The molecule has 2 aliphatic carbocycles. The lowest BCUT2D eigenvalue weighted by atomic mass is 9.69. The first kappa shape index (κ1) is 12.2. The van der Waals surface area contributed by atoms with Crippen molar-refractivity contribution < 1.29 is 0 Å². The minimum atomic E-state index is 0.823. The van der Waals surface area contributed by atoms with Crippen LogP contribution in [-0.4, -0.2) is 13.1 Å². The summed E-state index contributed by atoms with van der Waals surface area (Å²) in [7, 11) is 0. The monoisotopic (exact) mass is 243 g/mol. The predicted molar refractivity (Wildman–Crippen MR) is 77.0 cm³/mol. The fourth-order valence-electron chi connectivity index (χ4n) is 3.37. The van der Waals surface area contributed by atoms with Crippen molar-refractivity contribution in [2.45, 2.75) is 50.9 Å². The van der Waals surface area contributed by atoms with Gasteiger partial charge in [0.1, 0.15) is 0 Å². The molecule has 98 valence electrons. The fraction of sp³-hybridized carbons (Fsp3) is 0.647. The van der Waals surface area contributed by atoms with Crippen molar-refractivity contribution in [1.29, 1.82) is 0 Å². The van der Waals surface area contributed by atoms with Crippen LogP contribution in [-0.2, 0) is 0 Å². The van der Waals surface area contributed by atoms with Gasteiger partial charge >= 0.3 is 0 Å². The van der Waals surface area contributed by atoms with E-state index in [-0.39, 0.29) is 0 Å². The summed E-state index contributed by atoms with van der Waals surface area (Å²) in [5.74, 6) is 2.57. The molecule has 18 heavy (non-hydrogen) atoms. The van der Waals surface area contributed by atoms with Crippen molar-refractivity contribution >= 4 is 0 Å². The van der Waals surface area contributed by atoms with Crippen LogP contribution in [0.4, 0.5) is 0 Å². The van der Waals surface area contributed by atoms with E-state index in [1.54, 1.807) is 11.1 Å². The highest BCUT2D eigenvalue weighted by molar-refractivity contribution is 5.31. The van der Waals surface area contributed by atoms with Gasteiger partial charge < -0.3 is 5.32 Å². The van der Waals surface area contributed by atoms with E-state index in [2.05, 4.69) is 36.5 Å². The second kappa shape index (κ2) is 5.44. The molecular formula is C17H25N. The highest BCUT2D eigenvalue weighted by Crippen LogP contribution is 2.44. The Morgan fingerprint density at radius 2 is 1.94 bits per heavy atom. The summed E-state index contributed by atoms with van der Waals surface area (Å²) in [6.45, 7) is 4.51. The topological polar surface area (TPSA) is 12.0 Å². The van der Waals surface area contributed by atoms with Crippen LogP contribution in [0.5, 0.6) is 0 Å². The smallest absolute Gasteiger partial charge is 0.00148 e. The van der Waals surface area contributed by atoms with Crippen LogP contribution in [0.15, 0.2) is 24.3 Å². The molecule has 0 aromatic heterocycles. The van der Waals surface area contributed by atoms with Gasteiger partial charge in [0.25, 0.3) is 0 Å². The maximum Gasteiger partial charge on any atom is -0.00148 e. The average molecular weight is 243 g/mol. The molecule has 2 fully saturated rings. The van der Waals surface area contributed by atoms with Crippen molar-refractivity contribution in [1.82, 2.24) is 5.32 Å². The molecule has 0 aliphatic heterocycles. The third-order valence-electron chi connectivity index (χ3n) is 4.99. The molecule has 1 nitrogen and oxygen atoms in total. The molecule has 0 spiro atoms. The first-order valence-corrected chi connectivity index (χ1v) is 7.69. The Labute approximate surface area is 111 Å². The number of hydrogen-bond donors (Lipinski definition) is 1. The fourth-order valence-corrected chi connectivity index (χ4v) is 3.37. The zero-order valence-electron chi connectivity index (χ0n) is 11.5. The van der Waals surface area contributed by atoms with Crippen molar-refractivity contribution in [3.05, 3.63) is 35.4 Å². The average Bonchev–Trinajstić information content (AvgIpc) is 2.26. The quantitative estimate of drug-likeness (QED) is 0.822. The van der Waals surface area contributed by atoms with Crippen molar-refractivity contribution in [2.75, 3.05) is 13.1 Å². The molecule has 1 heteroatoms. The summed E-state index contributed by atoms with van der Waals surface area (Å²) in [5, 5.41) is 3.51. The molecule has 2 aliphatic rings. The van der Waals surface area contributed by atoms with Gasteiger partial charge in [-0.3, -0.25) is 0 Å². The lowest BCUT2D eigenvalue weighted by molar-refractivity contribution is 0.247. The molecule has 0 amide bonds. The van der Waals surface area contributed by atoms with Crippen LogP contribution in [0.2, 0.25) is 0 Å². The molecule has 2 atom stereocenters.